The molecule has 2 saturated carbocycles. The van der Waals surface area contributed by atoms with Gasteiger partial charge in [-0.2, -0.15) is 0 Å². The minimum atomic E-state index is -0.308. The summed E-state index contributed by atoms with van der Waals surface area (Å²) >= 11 is 2.93. The predicted molar refractivity (Wildman–Crippen MR) is 130 cm³/mol. The lowest BCUT2D eigenvalue weighted by Crippen LogP contribution is -2.42. The van der Waals surface area contributed by atoms with Crippen molar-refractivity contribution in [1.82, 2.24) is 4.98 Å². The third-order valence-corrected chi connectivity index (χ3v) is 10.9. The molecule has 2 aromatic carbocycles. The van der Waals surface area contributed by atoms with Gasteiger partial charge in [-0.1, -0.05) is 41.2 Å². The summed E-state index contributed by atoms with van der Waals surface area (Å²) in [5, 5.41) is 10.9. The number of aromatic nitrogens is 1. The zero-order valence-electron chi connectivity index (χ0n) is 18.3. The summed E-state index contributed by atoms with van der Waals surface area (Å²) in [7, 11) is 0. The smallest absolute Gasteiger partial charge is 0.305 e. The van der Waals surface area contributed by atoms with Gasteiger partial charge in [-0.25, -0.2) is 0 Å². The number of aromatic amines is 1. The number of fused-ring (bicyclic) bond motifs is 9. The number of hydrogen-bond donors (Lipinski definition) is 2. The highest BCUT2D eigenvalue weighted by Gasteiger charge is 2.69. The van der Waals surface area contributed by atoms with Crippen LogP contribution in [0.3, 0.4) is 0 Å². The van der Waals surface area contributed by atoms with E-state index in [1.165, 1.54) is 16.2 Å². The molecule has 2 amide bonds. The summed E-state index contributed by atoms with van der Waals surface area (Å²) in [6, 6.07) is 14.8. The Hall–Kier alpha value is -2.84. The summed E-state index contributed by atoms with van der Waals surface area (Å²) < 4.78 is 0. The van der Waals surface area contributed by atoms with E-state index in [-0.39, 0.29) is 63.2 Å². The number of imide groups is 1. The van der Waals surface area contributed by atoms with E-state index in [0.29, 0.717) is 5.69 Å². The van der Waals surface area contributed by atoms with E-state index >= 15 is 0 Å². The topological polar surface area (TPSA) is 90.5 Å². The molecule has 8 heteroatoms. The normalized spacial score (nSPS) is 33.2. The van der Waals surface area contributed by atoms with Gasteiger partial charge in [-0.05, 0) is 60.9 Å². The fraction of sp³-hybridized carbons (Fsp3) is 0.346. The minimum Gasteiger partial charge on any atom is -0.508 e. The summed E-state index contributed by atoms with van der Waals surface area (Å²) in [6.45, 7) is 1.99. The molecule has 2 aliphatic heterocycles. The fourth-order valence-corrected chi connectivity index (χ4v) is 9.91. The second kappa shape index (κ2) is 7.09. The third kappa shape index (κ3) is 2.66. The number of nitrogens with zero attached hydrogens (tertiary/aromatic N) is 1. The molecule has 7 rings (SSSR count). The number of carbonyl (C=O) groups excluding carboxylic acids is 2. The Kier molecular flexibility index (Phi) is 4.28. The van der Waals surface area contributed by atoms with Gasteiger partial charge in [0.2, 0.25) is 11.8 Å². The highest BCUT2D eigenvalue weighted by Crippen LogP contribution is 2.68. The highest BCUT2D eigenvalue weighted by atomic mass is 32.2. The van der Waals surface area contributed by atoms with Crippen molar-refractivity contribution in [2.75, 3.05) is 4.90 Å². The molecule has 34 heavy (non-hydrogen) atoms. The van der Waals surface area contributed by atoms with Crippen LogP contribution in [0.15, 0.2) is 58.4 Å². The predicted octanol–water partition coefficient (Wildman–Crippen LogP) is 4.13. The quantitative estimate of drug-likeness (QED) is 0.527. The van der Waals surface area contributed by atoms with Gasteiger partial charge in [0.25, 0.3) is 0 Å². The number of benzene rings is 2. The summed E-state index contributed by atoms with van der Waals surface area (Å²) in [5.41, 5.74) is 2.78. The van der Waals surface area contributed by atoms with Crippen molar-refractivity contribution in [3.63, 3.8) is 0 Å². The molecule has 0 radical (unpaired) electrons. The fourth-order valence-electron chi connectivity index (χ4n) is 7.02. The number of amides is 2. The van der Waals surface area contributed by atoms with Gasteiger partial charge in [0.1, 0.15) is 5.75 Å². The van der Waals surface area contributed by atoms with E-state index < -0.39 is 0 Å². The minimum absolute atomic E-state index is 0.0296. The van der Waals surface area contributed by atoms with Crippen molar-refractivity contribution in [2.45, 2.75) is 29.5 Å². The molecule has 7 unspecified atom stereocenters. The lowest BCUT2D eigenvalue weighted by Gasteiger charge is -2.43. The molecule has 2 bridgehead atoms. The molecule has 172 valence electrons. The first-order chi connectivity index (χ1) is 16.4. The second-order valence-electron chi connectivity index (χ2n) is 9.90. The van der Waals surface area contributed by atoms with Crippen LogP contribution in [0.5, 0.6) is 5.75 Å². The largest absolute Gasteiger partial charge is 0.508 e. The first-order valence-electron chi connectivity index (χ1n) is 11.6. The zero-order chi connectivity index (χ0) is 23.3. The van der Waals surface area contributed by atoms with Crippen LogP contribution >= 0.6 is 23.1 Å². The Morgan fingerprint density at radius 3 is 2.32 bits per heavy atom. The number of aromatic hydroxyl groups is 1. The lowest BCUT2D eigenvalue weighted by molar-refractivity contribution is -0.123. The molecule has 2 aliphatic carbocycles. The molecule has 3 fully saturated rings. The van der Waals surface area contributed by atoms with Gasteiger partial charge in [0.15, 0.2) is 0 Å². The van der Waals surface area contributed by atoms with Gasteiger partial charge >= 0.3 is 4.87 Å². The molecular weight excluding hydrogens is 468 g/mol. The van der Waals surface area contributed by atoms with Crippen LogP contribution in [0.4, 0.5) is 5.69 Å². The van der Waals surface area contributed by atoms with Crippen LogP contribution in [0.25, 0.3) is 0 Å². The maximum Gasteiger partial charge on any atom is 0.305 e. The van der Waals surface area contributed by atoms with Crippen molar-refractivity contribution in [2.24, 2.45) is 29.6 Å². The van der Waals surface area contributed by atoms with Crippen molar-refractivity contribution in [1.29, 1.82) is 0 Å². The van der Waals surface area contributed by atoms with Gasteiger partial charge in [-0.3, -0.25) is 19.3 Å². The van der Waals surface area contributed by atoms with E-state index in [0.717, 1.165) is 27.5 Å². The van der Waals surface area contributed by atoms with Gasteiger partial charge in [-0.15, -0.1) is 11.8 Å². The number of carbonyl (C=O) groups is 2. The van der Waals surface area contributed by atoms with Crippen LogP contribution < -0.4 is 9.77 Å². The Morgan fingerprint density at radius 2 is 1.62 bits per heavy atom. The monoisotopic (exact) mass is 490 g/mol. The van der Waals surface area contributed by atoms with Crippen LogP contribution in [0.1, 0.15) is 28.3 Å². The number of H-pyrrole nitrogens is 1. The van der Waals surface area contributed by atoms with Crippen LogP contribution in [0, 0.1) is 36.5 Å². The maximum absolute atomic E-state index is 13.7. The number of rotatable bonds is 2. The molecule has 0 spiro atoms. The van der Waals surface area contributed by atoms with Crippen LogP contribution in [0.2, 0.25) is 0 Å². The van der Waals surface area contributed by atoms with Crippen LogP contribution in [-0.4, -0.2) is 27.2 Å². The van der Waals surface area contributed by atoms with Crippen molar-refractivity contribution >= 4 is 40.6 Å². The van der Waals surface area contributed by atoms with Gasteiger partial charge in [0.05, 0.1) is 22.5 Å². The zero-order valence-corrected chi connectivity index (χ0v) is 19.9. The number of nitrogens with one attached hydrogen (secondary N) is 1. The van der Waals surface area contributed by atoms with Crippen molar-refractivity contribution in [3.8, 4) is 5.75 Å². The number of thioether (sulfide) groups is 1. The van der Waals surface area contributed by atoms with Crippen molar-refractivity contribution in [3.05, 3.63) is 74.2 Å². The second-order valence-corrected chi connectivity index (χ2v) is 12.1. The van der Waals surface area contributed by atoms with Crippen molar-refractivity contribution < 1.29 is 14.7 Å². The average Bonchev–Trinajstić information content (AvgIpc) is 3.54. The van der Waals surface area contributed by atoms with Gasteiger partial charge in [0, 0.05) is 16.0 Å². The van der Waals surface area contributed by atoms with Crippen LogP contribution in [-0.2, 0) is 9.59 Å². The number of thiazole rings is 1. The lowest BCUT2D eigenvalue weighted by atomic mass is 9.68. The average molecular weight is 491 g/mol. The molecule has 6 nitrogen and oxygen atoms in total. The van der Waals surface area contributed by atoms with E-state index in [9.17, 15) is 19.5 Å². The summed E-state index contributed by atoms with van der Waals surface area (Å²) in [5.74, 6) is -0.226. The number of phenols is 1. The van der Waals surface area contributed by atoms with Gasteiger partial charge < -0.3 is 10.1 Å². The molecule has 1 saturated heterocycles. The molecule has 2 N–H and O–H groups in total. The summed E-state index contributed by atoms with van der Waals surface area (Å²) in [4.78, 5) is 45.0. The van der Waals surface area contributed by atoms with E-state index in [1.54, 1.807) is 23.9 Å². The first kappa shape index (κ1) is 20.5. The standard InChI is InChI=1S/C26H22N2O4S2/c1-11-2-6-13(7-3-11)28-24(30)19-15-10-16(20(19)25(28)31)21-18(15)17(12-4-8-14(29)9-5-12)22-23(33-21)27-26(32)34-22/h2-9,15-21,29H,10H2,1H3,(H,27,32). The maximum atomic E-state index is 13.7. The Morgan fingerprint density at radius 1 is 0.941 bits per heavy atom. The molecule has 7 atom stereocenters. The molecule has 3 heterocycles. The number of anilines is 1. The van der Waals surface area contributed by atoms with E-state index in [2.05, 4.69) is 4.98 Å². The van der Waals surface area contributed by atoms with E-state index in [1.807, 2.05) is 43.3 Å². The third-order valence-electron chi connectivity index (χ3n) is 8.27. The molecular formula is C26H22N2O4S2. The number of aryl methyl sites for hydroxylation is 1. The molecule has 3 aromatic rings. The Labute approximate surface area is 204 Å². The Balaban J connectivity index is 1.32. The molecule has 4 aliphatic rings. The first-order valence-corrected chi connectivity index (χ1v) is 13.2. The van der Waals surface area contributed by atoms with E-state index in [4.69, 9.17) is 0 Å². The number of hydrogen-bond acceptors (Lipinski definition) is 6. The molecule has 1 aromatic heterocycles. The SMILES string of the molecule is Cc1ccc(N2C(=O)C3C4CC(C3C2=O)C2C(c3ccc(O)cc3)c3sc(=O)[nH]c3SC42)cc1. The highest BCUT2D eigenvalue weighted by molar-refractivity contribution is 8.00. The Bertz CT molecular complexity index is 1390. The number of phenolic OH excluding ortho intramolecular Hbond substituents is 1. The summed E-state index contributed by atoms with van der Waals surface area (Å²) in [6.07, 6.45) is 0.866.